The molecule has 0 aliphatic heterocycles. The number of nitrogens with two attached hydrogens (primary N) is 1. The number of carboxylic acid groups (broad SMARTS) is 1. The number of pyridine rings is 1. The Morgan fingerprint density at radius 3 is 2.86 bits per heavy atom. The Labute approximate surface area is 81.5 Å². The van der Waals surface area contributed by atoms with Crippen LogP contribution in [0.15, 0.2) is 18.3 Å². The highest BCUT2D eigenvalue weighted by molar-refractivity contribution is 5.73. The zero-order valence-corrected chi connectivity index (χ0v) is 7.80. The predicted molar refractivity (Wildman–Crippen MR) is 50.1 cm³/mol. The van der Waals surface area contributed by atoms with Crippen molar-refractivity contribution >= 4 is 5.97 Å². The zero-order chi connectivity index (χ0) is 10.6. The van der Waals surface area contributed by atoms with E-state index in [1.54, 1.807) is 19.2 Å². The molecule has 5 nitrogen and oxygen atoms in total. The summed E-state index contributed by atoms with van der Waals surface area (Å²) in [6.45, 7) is 0. The third kappa shape index (κ3) is 2.70. The first-order chi connectivity index (χ1) is 6.63. The fraction of sp³-hybridized carbons (Fsp3) is 0.333. The Bertz CT molecular complexity index is 310. The maximum absolute atomic E-state index is 10.4. The molecule has 3 N–H and O–H groups in total. The molecule has 0 bridgehead atoms. The van der Waals surface area contributed by atoms with E-state index in [1.807, 2.05) is 0 Å². The maximum Gasteiger partial charge on any atom is 0.320 e. The lowest BCUT2D eigenvalue weighted by atomic mass is 10.1. The lowest BCUT2D eigenvalue weighted by Crippen LogP contribution is -2.32. The second-order valence-electron chi connectivity index (χ2n) is 2.84. The molecule has 0 fully saturated rings. The van der Waals surface area contributed by atoms with Crippen molar-refractivity contribution in [1.82, 2.24) is 4.98 Å². The van der Waals surface area contributed by atoms with Gasteiger partial charge in [-0.3, -0.25) is 9.78 Å². The topological polar surface area (TPSA) is 85.4 Å². The molecule has 0 radical (unpaired) electrons. The summed E-state index contributed by atoms with van der Waals surface area (Å²) in [5.41, 5.74) is 5.99. The highest BCUT2D eigenvalue weighted by atomic mass is 16.5. The molecule has 0 aliphatic rings. The molecule has 0 aromatic carbocycles. The standard InChI is InChI=1S/C9H12N2O3/c1-14-7-3-2-6(11-5-7)4-8(10)9(12)13/h2-3,5,8H,4,10H2,1H3,(H,12,13). The molecule has 14 heavy (non-hydrogen) atoms. The average molecular weight is 196 g/mol. The van der Waals surface area contributed by atoms with Crippen LogP contribution in [0.2, 0.25) is 0 Å². The Balaban J connectivity index is 2.64. The van der Waals surface area contributed by atoms with Gasteiger partial charge in [0.05, 0.1) is 13.3 Å². The van der Waals surface area contributed by atoms with E-state index in [-0.39, 0.29) is 6.42 Å². The van der Waals surface area contributed by atoms with Crippen molar-refractivity contribution in [2.45, 2.75) is 12.5 Å². The van der Waals surface area contributed by atoms with Crippen molar-refractivity contribution in [3.8, 4) is 5.75 Å². The number of nitrogens with zero attached hydrogens (tertiary/aromatic N) is 1. The highest BCUT2D eigenvalue weighted by Gasteiger charge is 2.12. The Kier molecular flexibility index (Phi) is 3.41. The first-order valence-electron chi connectivity index (χ1n) is 4.11. The molecule has 0 spiro atoms. The van der Waals surface area contributed by atoms with Gasteiger partial charge in [0.15, 0.2) is 0 Å². The summed E-state index contributed by atoms with van der Waals surface area (Å²) in [5.74, 6) is -0.389. The summed E-state index contributed by atoms with van der Waals surface area (Å²) in [6.07, 6.45) is 1.75. The molecule has 1 aromatic rings. The molecule has 5 heteroatoms. The second kappa shape index (κ2) is 4.57. The van der Waals surface area contributed by atoms with Gasteiger partial charge in [-0.15, -0.1) is 0 Å². The van der Waals surface area contributed by atoms with Crippen molar-refractivity contribution in [2.24, 2.45) is 5.73 Å². The third-order valence-corrected chi connectivity index (χ3v) is 1.78. The number of aromatic nitrogens is 1. The van der Waals surface area contributed by atoms with E-state index in [0.29, 0.717) is 11.4 Å². The minimum absolute atomic E-state index is 0.222. The van der Waals surface area contributed by atoms with Gasteiger partial charge in [-0.25, -0.2) is 0 Å². The molecule has 0 amide bonds. The number of carboxylic acids is 1. The third-order valence-electron chi connectivity index (χ3n) is 1.78. The van der Waals surface area contributed by atoms with Crippen LogP contribution in [0.25, 0.3) is 0 Å². The lowest BCUT2D eigenvalue weighted by Gasteiger charge is -2.05. The minimum Gasteiger partial charge on any atom is -0.495 e. The van der Waals surface area contributed by atoms with E-state index in [4.69, 9.17) is 15.6 Å². The maximum atomic E-state index is 10.4. The van der Waals surface area contributed by atoms with Crippen LogP contribution in [0.4, 0.5) is 0 Å². The monoisotopic (exact) mass is 196 g/mol. The summed E-state index contributed by atoms with van der Waals surface area (Å²) in [7, 11) is 1.54. The molecule has 0 saturated heterocycles. The largest absolute Gasteiger partial charge is 0.495 e. The fourth-order valence-corrected chi connectivity index (χ4v) is 0.965. The number of methoxy groups -OCH3 is 1. The normalized spacial score (nSPS) is 12.1. The molecule has 1 unspecified atom stereocenters. The summed E-state index contributed by atoms with van der Waals surface area (Å²) >= 11 is 0. The van der Waals surface area contributed by atoms with E-state index in [2.05, 4.69) is 4.98 Å². The van der Waals surface area contributed by atoms with E-state index in [9.17, 15) is 4.79 Å². The molecule has 1 rings (SSSR count). The summed E-state index contributed by atoms with van der Waals surface area (Å²) < 4.78 is 4.91. The van der Waals surface area contributed by atoms with E-state index in [0.717, 1.165) is 0 Å². The Morgan fingerprint density at radius 2 is 2.43 bits per heavy atom. The molecule has 0 saturated carbocycles. The Morgan fingerprint density at radius 1 is 1.71 bits per heavy atom. The highest BCUT2D eigenvalue weighted by Crippen LogP contribution is 2.08. The van der Waals surface area contributed by atoms with Crippen molar-refractivity contribution in [3.05, 3.63) is 24.0 Å². The van der Waals surface area contributed by atoms with Crippen LogP contribution in [-0.2, 0) is 11.2 Å². The molecule has 0 aliphatic carbocycles. The van der Waals surface area contributed by atoms with Crippen molar-refractivity contribution in [1.29, 1.82) is 0 Å². The molecule has 1 heterocycles. The zero-order valence-electron chi connectivity index (χ0n) is 7.80. The second-order valence-corrected chi connectivity index (χ2v) is 2.84. The summed E-state index contributed by atoms with van der Waals surface area (Å²) in [5, 5.41) is 8.57. The quantitative estimate of drug-likeness (QED) is 0.710. The number of rotatable bonds is 4. The van der Waals surface area contributed by atoms with Gasteiger partial charge in [-0.1, -0.05) is 0 Å². The van der Waals surface area contributed by atoms with Gasteiger partial charge in [-0.05, 0) is 12.1 Å². The minimum atomic E-state index is -1.03. The van der Waals surface area contributed by atoms with Gasteiger partial charge < -0.3 is 15.6 Å². The van der Waals surface area contributed by atoms with Gasteiger partial charge in [-0.2, -0.15) is 0 Å². The van der Waals surface area contributed by atoms with Gasteiger partial charge in [0, 0.05) is 12.1 Å². The molecular formula is C9H12N2O3. The Hall–Kier alpha value is -1.62. The number of aliphatic carboxylic acids is 1. The lowest BCUT2D eigenvalue weighted by molar-refractivity contribution is -0.138. The SMILES string of the molecule is COc1ccc(CC(N)C(=O)O)nc1. The van der Waals surface area contributed by atoms with Gasteiger partial charge in [0.2, 0.25) is 0 Å². The molecule has 1 aromatic heterocycles. The number of carbonyl (C=O) groups is 1. The van der Waals surface area contributed by atoms with Crippen LogP contribution in [0.3, 0.4) is 0 Å². The molecule has 76 valence electrons. The van der Waals surface area contributed by atoms with E-state index >= 15 is 0 Å². The van der Waals surface area contributed by atoms with Gasteiger partial charge in [0.25, 0.3) is 0 Å². The number of hydrogen-bond donors (Lipinski definition) is 2. The molecule has 1 atom stereocenters. The van der Waals surface area contributed by atoms with Crippen LogP contribution in [0.5, 0.6) is 5.75 Å². The predicted octanol–water partition coefficient (Wildman–Crippen LogP) is 0.0446. The van der Waals surface area contributed by atoms with Crippen molar-refractivity contribution < 1.29 is 14.6 Å². The number of ether oxygens (including phenoxy) is 1. The van der Waals surface area contributed by atoms with Gasteiger partial charge >= 0.3 is 5.97 Å². The van der Waals surface area contributed by atoms with Crippen LogP contribution in [-0.4, -0.2) is 29.2 Å². The first-order valence-corrected chi connectivity index (χ1v) is 4.11. The van der Waals surface area contributed by atoms with E-state index < -0.39 is 12.0 Å². The van der Waals surface area contributed by atoms with Crippen molar-refractivity contribution in [3.63, 3.8) is 0 Å². The fourth-order valence-electron chi connectivity index (χ4n) is 0.965. The van der Waals surface area contributed by atoms with Crippen LogP contribution >= 0.6 is 0 Å². The summed E-state index contributed by atoms with van der Waals surface area (Å²) in [4.78, 5) is 14.5. The van der Waals surface area contributed by atoms with Crippen LogP contribution < -0.4 is 10.5 Å². The van der Waals surface area contributed by atoms with Crippen LogP contribution in [0.1, 0.15) is 5.69 Å². The first kappa shape index (κ1) is 10.5. The average Bonchev–Trinajstić information content (AvgIpc) is 2.19. The number of hydrogen-bond acceptors (Lipinski definition) is 4. The van der Waals surface area contributed by atoms with Crippen molar-refractivity contribution in [2.75, 3.05) is 7.11 Å². The molecular weight excluding hydrogens is 184 g/mol. The van der Waals surface area contributed by atoms with E-state index in [1.165, 1.54) is 6.20 Å². The summed E-state index contributed by atoms with van der Waals surface area (Å²) in [6, 6.07) is 2.51. The van der Waals surface area contributed by atoms with Crippen LogP contribution in [0, 0.1) is 0 Å². The van der Waals surface area contributed by atoms with Gasteiger partial charge in [0.1, 0.15) is 11.8 Å². The smallest absolute Gasteiger partial charge is 0.320 e.